The summed E-state index contributed by atoms with van der Waals surface area (Å²) in [6.07, 6.45) is 0. The second-order valence-corrected chi connectivity index (χ2v) is 3.32. The highest BCUT2D eigenvalue weighted by Gasteiger charge is 2.06. The van der Waals surface area contributed by atoms with Gasteiger partial charge in [-0.25, -0.2) is 0 Å². The molecule has 1 rings (SSSR count). The highest BCUT2D eigenvalue weighted by molar-refractivity contribution is 9.10. The third-order valence-electron chi connectivity index (χ3n) is 1.60. The lowest BCUT2D eigenvalue weighted by atomic mass is 10.1. The van der Waals surface area contributed by atoms with E-state index in [1.165, 1.54) is 0 Å². The van der Waals surface area contributed by atoms with Gasteiger partial charge in [0.2, 0.25) is 0 Å². The van der Waals surface area contributed by atoms with Gasteiger partial charge in [-0.1, -0.05) is 28.1 Å². The van der Waals surface area contributed by atoms with Crippen LogP contribution in [-0.2, 0) is 0 Å². The maximum absolute atomic E-state index is 8.74. The first kappa shape index (κ1) is 9.24. The van der Waals surface area contributed by atoms with Gasteiger partial charge in [-0.15, -0.1) is 0 Å². The Morgan fingerprint density at radius 3 is 2.83 bits per heavy atom. The van der Waals surface area contributed by atoms with Crippen LogP contribution in [0.5, 0.6) is 0 Å². The van der Waals surface area contributed by atoms with Crippen LogP contribution in [0.15, 0.2) is 28.7 Å². The van der Waals surface area contributed by atoms with Gasteiger partial charge < -0.3 is 5.32 Å². The van der Waals surface area contributed by atoms with Crippen LogP contribution in [0.3, 0.4) is 0 Å². The smallest absolute Gasteiger partial charge is 0.121 e. The first-order valence-electron chi connectivity index (χ1n) is 3.60. The zero-order valence-electron chi connectivity index (χ0n) is 6.71. The summed E-state index contributed by atoms with van der Waals surface area (Å²) in [6.45, 7) is 0. The number of rotatable bonds is 2. The fourth-order valence-electron chi connectivity index (χ4n) is 0.992. The zero-order chi connectivity index (χ0) is 8.97. The molecule has 12 heavy (non-hydrogen) atoms. The molecule has 1 aromatic carbocycles. The Labute approximate surface area is 80.3 Å². The SMILES string of the molecule is CN[C@H](C#N)c1cccc(Br)c1. The Kier molecular flexibility index (Phi) is 3.27. The number of nitriles is 1. The second-order valence-electron chi connectivity index (χ2n) is 2.41. The monoisotopic (exact) mass is 224 g/mol. The molecule has 0 aliphatic carbocycles. The summed E-state index contributed by atoms with van der Waals surface area (Å²) >= 11 is 3.35. The third kappa shape index (κ3) is 2.07. The number of halogens is 1. The van der Waals surface area contributed by atoms with Crippen LogP contribution < -0.4 is 5.32 Å². The van der Waals surface area contributed by atoms with Crippen LogP contribution >= 0.6 is 15.9 Å². The van der Waals surface area contributed by atoms with Gasteiger partial charge >= 0.3 is 0 Å². The minimum atomic E-state index is -0.220. The fraction of sp³-hybridized carbons (Fsp3) is 0.222. The quantitative estimate of drug-likeness (QED) is 0.837. The van der Waals surface area contributed by atoms with E-state index < -0.39 is 0 Å². The molecule has 2 nitrogen and oxygen atoms in total. The predicted octanol–water partition coefficient (Wildman–Crippen LogP) is 2.23. The lowest BCUT2D eigenvalue weighted by Gasteiger charge is -2.07. The van der Waals surface area contributed by atoms with E-state index in [1.54, 1.807) is 7.05 Å². The number of benzene rings is 1. The van der Waals surface area contributed by atoms with Crippen molar-refractivity contribution < 1.29 is 0 Å². The van der Waals surface area contributed by atoms with Crippen LogP contribution in [0.4, 0.5) is 0 Å². The molecule has 0 saturated carbocycles. The minimum Gasteiger partial charge on any atom is -0.301 e. The molecule has 0 spiro atoms. The van der Waals surface area contributed by atoms with Crippen molar-refractivity contribution >= 4 is 15.9 Å². The van der Waals surface area contributed by atoms with Gasteiger partial charge in [0, 0.05) is 4.47 Å². The average Bonchev–Trinajstić information content (AvgIpc) is 2.07. The molecule has 0 fully saturated rings. The van der Waals surface area contributed by atoms with Gasteiger partial charge in [0.05, 0.1) is 6.07 Å². The van der Waals surface area contributed by atoms with Crippen molar-refractivity contribution in [1.82, 2.24) is 5.32 Å². The maximum atomic E-state index is 8.74. The molecule has 0 aromatic heterocycles. The molecule has 0 saturated heterocycles. The van der Waals surface area contributed by atoms with Crippen molar-refractivity contribution in [1.29, 1.82) is 5.26 Å². The summed E-state index contributed by atoms with van der Waals surface area (Å²) in [6, 6.07) is 9.66. The van der Waals surface area contributed by atoms with Crippen molar-refractivity contribution in [3.05, 3.63) is 34.3 Å². The van der Waals surface area contributed by atoms with Crippen LogP contribution in [0, 0.1) is 11.3 Å². The minimum absolute atomic E-state index is 0.220. The first-order chi connectivity index (χ1) is 5.77. The van der Waals surface area contributed by atoms with E-state index in [-0.39, 0.29) is 6.04 Å². The van der Waals surface area contributed by atoms with E-state index in [4.69, 9.17) is 5.26 Å². The molecule has 0 radical (unpaired) electrons. The third-order valence-corrected chi connectivity index (χ3v) is 2.09. The van der Waals surface area contributed by atoms with Gasteiger partial charge in [-0.2, -0.15) is 5.26 Å². The highest BCUT2D eigenvalue weighted by Crippen LogP contribution is 2.16. The van der Waals surface area contributed by atoms with E-state index in [9.17, 15) is 0 Å². The van der Waals surface area contributed by atoms with Crippen molar-refractivity contribution in [3.8, 4) is 6.07 Å². The lowest BCUT2D eigenvalue weighted by Crippen LogP contribution is -2.13. The van der Waals surface area contributed by atoms with Gasteiger partial charge in [0.25, 0.3) is 0 Å². The summed E-state index contributed by atoms with van der Waals surface area (Å²) in [5, 5.41) is 11.7. The topological polar surface area (TPSA) is 35.8 Å². The number of nitrogens with zero attached hydrogens (tertiary/aromatic N) is 1. The molecule has 0 aliphatic heterocycles. The normalized spacial score (nSPS) is 12.1. The van der Waals surface area contributed by atoms with Crippen molar-refractivity contribution in [3.63, 3.8) is 0 Å². The fourth-order valence-corrected chi connectivity index (χ4v) is 1.41. The Morgan fingerprint density at radius 1 is 1.58 bits per heavy atom. The summed E-state index contributed by atoms with van der Waals surface area (Å²) in [5.41, 5.74) is 0.981. The molecule has 0 aliphatic rings. The summed E-state index contributed by atoms with van der Waals surface area (Å²) in [7, 11) is 1.77. The Bertz CT molecular complexity index is 304. The van der Waals surface area contributed by atoms with E-state index in [1.807, 2.05) is 24.3 Å². The van der Waals surface area contributed by atoms with Crippen LogP contribution in [0.2, 0.25) is 0 Å². The number of nitrogens with one attached hydrogen (secondary N) is 1. The van der Waals surface area contributed by atoms with Crippen molar-refractivity contribution in [2.75, 3.05) is 7.05 Å². The Morgan fingerprint density at radius 2 is 2.33 bits per heavy atom. The molecule has 3 heteroatoms. The van der Waals surface area contributed by atoms with Gasteiger partial charge in [-0.05, 0) is 24.7 Å². The number of hydrogen-bond donors (Lipinski definition) is 1. The molecule has 0 unspecified atom stereocenters. The molecular weight excluding hydrogens is 216 g/mol. The van der Waals surface area contributed by atoms with E-state index >= 15 is 0 Å². The molecule has 1 aromatic rings. The number of hydrogen-bond acceptors (Lipinski definition) is 2. The van der Waals surface area contributed by atoms with Crippen LogP contribution in [0.1, 0.15) is 11.6 Å². The lowest BCUT2D eigenvalue weighted by molar-refractivity contribution is 0.727. The highest BCUT2D eigenvalue weighted by atomic mass is 79.9. The zero-order valence-corrected chi connectivity index (χ0v) is 8.30. The first-order valence-corrected chi connectivity index (χ1v) is 4.39. The summed E-state index contributed by atoms with van der Waals surface area (Å²) in [5.74, 6) is 0. The van der Waals surface area contributed by atoms with Gasteiger partial charge in [0.15, 0.2) is 0 Å². The van der Waals surface area contributed by atoms with Crippen LogP contribution in [0.25, 0.3) is 0 Å². The van der Waals surface area contributed by atoms with Gasteiger partial charge in [-0.3, -0.25) is 0 Å². The van der Waals surface area contributed by atoms with Gasteiger partial charge in [0.1, 0.15) is 6.04 Å². The molecule has 0 bridgehead atoms. The Hall–Kier alpha value is -0.850. The Balaban J connectivity index is 2.95. The van der Waals surface area contributed by atoms with E-state index in [0.29, 0.717) is 0 Å². The van der Waals surface area contributed by atoms with Crippen LogP contribution in [-0.4, -0.2) is 7.05 Å². The summed E-state index contributed by atoms with van der Waals surface area (Å²) in [4.78, 5) is 0. The van der Waals surface area contributed by atoms with Crippen molar-refractivity contribution in [2.45, 2.75) is 6.04 Å². The predicted molar refractivity (Wildman–Crippen MR) is 51.6 cm³/mol. The molecule has 1 atom stereocenters. The standard InChI is InChI=1S/C9H9BrN2/c1-12-9(6-11)7-3-2-4-8(10)5-7/h2-5,9,12H,1H3/t9-/m1/s1. The maximum Gasteiger partial charge on any atom is 0.121 e. The largest absolute Gasteiger partial charge is 0.301 e. The van der Waals surface area contributed by atoms with E-state index in [0.717, 1.165) is 10.0 Å². The molecular formula is C9H9BrN2. The van der Waals surface area contributed by atoms with Crippen molar-refractivity contribution in [2.24, 2.45) is 0 Å². The van der Waals surface area contributed by atoms with E-state index in [2.05, 4.69) is 27.3 Å². The average molecular weight is 225 g/mol. The molecule has 1 N–H and O–H groups in total. The summed E-state index contributed by atoms with van der Waals surface area (Å²) < 4.78 is 0.996. The second kappa shape index (κ2) is 4.24. The molecule has 0 heterocycles. The molecule has 62 valence electrons. The molecule has 0 amide bonds.